The van der Waals surface area contributed by atoms with Gasteiger partial charge in [0, 0.05) is 10.9 Å². The largest absolute Gasteiger partial charge is 0.496 e. The molecule has 0 spiro atoms. The van der Waals surface area contributed by atoms with Gasteiger partial charge in [-0.05, 0) is 24.1 Å². The number of para-hydroxylation sites is 1. The molecule has 0 radical (unpaired) electrons. The molecule has 0 aliphatic heterocycles. The quantitative estimate of drug-likeness (QED) is 0.599. The molecule has 0 saturated carbocycles. The van der Waals surface area contributed by atoms with Gasteiger partial charge >= 0.3 is 5.97 Å². The number of amides is 1. The van der Waals surface area contributed by atoms with Gasteiger partial charge in [-0.25, -0.2) is 4.98 Å². The van der Waals surface area contributed by atoms with Crippen molar-refractivity contribution >= 4 is 28.3 Å². The van der Waals surface area contributed by atoms with E-state index in [0.29, 0.717) is 23.0 Å². The second-order valence-electron chi connectivity index (χ2n) is 6.21. The summed E-state index contributed by atoms with van der Waals surface area (Å²) in [5.74, 6) is -1.35. The molecule has 0 bridgehead atoms. The Bertz CT molecular complexity index is 956. The molecular formula is C21H20N2O4S. The number of carboxylic acid groups (broad SMARTS) is 1. The van der Waals surface area contributed by atoms with Gasteiger partial charge in [-0.2, -0.15) is 0 Å². The summed E-state index contributed by atoms with van der Waals surface area (Å²) in [4.78, 5) is 28.4. The summed E-state index contributed by atoms with van der Waals surface area (Å²) >= 11 is 1.29. The summed E-state index contributed by atoms with van der Waals surface area (Å²) in [5.41, 5.74) is 2.43. The van der Waals surface area contributed by atoms with Gasteiger partial charge in [0.1, 0.15) is 5.75 Å². The molecule has 3 aromatic rings. The lowest BCUT2D eigenvalue weighted by Crippen LogP contribution is -2.27. The number of benzene rings is 2. The van der Waals surface area contributed by atoms with Crippen molar-refractivity contribution < 1.29 is 19.4 Å². The molecule has 2 N–H and O–H groups in total. The van der Waals surface area contributed by atoms with Gasteiger partial charge in [-0.15, -0.1) is 11.3 Å². The van der Waals surface area contributed by atoms with E-state index in [2.05, 4.69) is 10.3 Å². The maximum Gasteiger partial charge on any atom is 0.304 e. The lowest BCUT2D eigenvalue weighted by Gasteiger charge is -2.14. The number of nitrogens with one attached hydrogen (secondary N) is 1. The van der Waals surface area contributed by atoms with E-state index in [1.54, 1.807) is 7.11 Å². The number of carbonyl (C=O) groups is 2. The molecule has 144 valence electrons. The highest BCUT2D eigenvalue weighted by Gasteiger charge is 2.23. The maximum atomic E-state index is 12.7. The number of carboxylic acids is 1. The van der Waals surface area contributed by atoms with Gasteiger partial charge in [0.15, 0.2) is 5.13 Å². The Morgan fingerprint density at radius 2 is 1.86 bits per heavy atom. The molecule has 0 aliphatic rings. The molecular weight excluding hydrogens is 376 g/mol. The number of anilines is 1. The molecule has 28 heavy (non-hydrogen) atoms. The topological polar surface area (TPSA) is 88.5 Å². The number of rotatable bonds is 8. The van der Waals surface area contributed by atoms with E-state index in [-0.39, 0.29) is 12.3 Å². The van der Waals surface area contributed by atoms with Crippen LogP contribution in [-0.2, 0) is 16.0 Å². The summed E-state index contributed by atoms with van der Waals surface area (Å²) in [6.07, 6.45) is 0.106. The van der Waals surface area contributed by atoms with E-state index in [1.165, 1.54) is 11.3 Å². The molecule has 1 atom stereocenters. The second kappa shape index (κ2) is 9.14. The van der Waals surface area contributed by atoms with E-state index in [4.69, 9.17) is 4.74 Å². The Kier molecular flexibility index (Phi) is 6.39. The van der Waals surface area contributed by atoms with Gasteiger partial charge in [0.2, 0.25) is 5.91 Å². The summed E-state index contributed by atoms with van der Waals surface area (Å²) in [7, 11) is 1.59. The van der Waals surface area contributed by atoms with Crippen LogP contribution in [0.3, 0.4) is 0 Å². The minimum Gasteiger partial charge on any atom is -0.496 e. The molecule has 3 rings (SSSR count). The van der Waals surface area contributed by atoms with Crippen molar-refractivity contribution in [2.45, 2.75) is 12.8 Å². The molecule has 0 saturated heterocycles. The van der Waals surface area contributed by atoms with Gasteiger partial charge in [0.25, 0.3) is 0 Å². The Labute approximate surface area is 166 Å². The number of methoxy groups -OCH3 is 1. The smallest absolute Gasteiger partial charge is 0.304 e. The second-order valence-corrected chi connectivity index (χ2v) is 7.07. The molecule has 1 amide bonds. The first-order valence-corrected chi connectivity index (χ1v) is 9.60. The number of nitrogens with zero attached hydrogens (tertiary/aromatic N) is 1. The van der Waals surface area contributed by atoms with Crippen molar-refractivity contribution in [2.75, 3.05) is 12.4 Å². The van der Waals surface area contributed by atoms with Crippen LogP contribution in [0.2, 0.25) is 0 Å². The first-order valence-electron chi connectivity index (χ1n) is 8.72. The number of aromatic nitrogens is 1. The fourth-order valence-corrected chi connectivity index (χ4v) is 3.60. The van der Waals surface area contributed by atoms with Crippen LogP contribution in [-0.4, -0.2) is 29.1 Å². The maximum absolute atomic E-state index is 12.7. The number of hydrogen-bond acceptors (Lipinski definition) is 5. The van der Waals surface area contributed by atoms with Crippen molar-refractivity contribution in [3.8, 4) is 17.0 Å². The Balaban J connectivity index is 1.75. The minimum atomic E-state index is -1.01. The van der Waals surface area contributed by atoms with E-state index < -0.39 is 11.9 Å². The Morgan fingerprint density at radius 3 is 2.57 bits per heavy atom. The van der Waals surface area contributed by atoms with Crippen molar-refractivity contribution in [3.63, 3.8) is 0 Å². The number of hydrogen-bond donors (Lipinski definition) is 2. The van der Waals surface area contributed by atoms with Crippen LogP contribution in [0.4, 0.5) is 5.13 Å². The van der Waals surface area contributed by atoms with Crippen LogP contribution in [0, 0.1) is 5.92 Å². The summed E-state index contributed by atoms with van der Waals surface area (Å²) < 4.78 is 5.35. The molecule has 7 heteroatoms. The molecule has 0 fully saturated rings. The SMILES string of the molecule is COc1ccccc1-c1csc(NC(=O)C(CC(=O)O)Cc2ccccc2)n1. The summed E-state index contributed by atoms with van der Waals surface area (Å²) in [5, 5.41) is 14.2. The normalized spacial score (nSPS) is 11.6. The molecule has 0 aliphatic carbocycles. The van der Waals surface area contributed by atoms with Crippen LogP contribution in [0.1, 0.15) is 12.0 Å². The fraction of sp³-hybridized carbons (Fsp3) is 0.190. The van der Waals surface area contributed by atoms with Crippen molar-refractivity contribution in [3.05, 3.63) is 65.5 Å². The van der Waals surface area contributed by atoms with Gasteiger partial charge in [0.05, 0.1) is 25.1 Å². The van der Waals surface area contributed by atoms with Gasteiger partial charge < -0.3 is 15.2 Å². The predicted octanol–water partition coefficient (Wildman–Crippen LogP) is 4.09. The number of ether oxygens (including phenoxy) is 1. The third-order valence-electron chi connectivity index (χ3n) is 4.23. The van der Waals surface area contributed by atoms with Crippen LogP contribution >= 0.6 is 11.3 Å². The highest BCUT2D eigenvalue weighted by atomic mass is 32.1. The highest BCUT2D eigenvalue weighted by molar-refractivity contribution is 7.14. The van der Waals surface area contributed by atoms with E-state index in [0.717, 1.165) is 11.1 Å². The van der Waals surface area contributed by atoms with Crippen LogP contribution < -0.4 is 10.1 Å². The fourth-order valence-electron chi connectivity index (χ4n) is 2.89. The third kappa shape index (κ3) is 4.95. The predicted molar refractivity (Wildman–Crippen MR) is 109 cm³/mol. The molecule has 1 aromatic heterocycles. The van der Waals surface area contributed by atoms with E-state index >= 15 is 0 Å². The number of thiazole rings is 1. The zero-order valence-corrected chi connectivity index (χ0v) is 16.1. The molecule has 6 nitrogen and oxygen atoms in total. The number of aliphatic carboxylic acids is 1. The lowest BCUT2D eigenvalue weighted by atomic mass is 9.95. The van der Waals surface area contributed by atoms with Crippen LogP contribution in [0.25, 0.3) is 11.3 Å². The van der Waals surface area contributed by atoms with Crippen molar-refractivity contribution in [1.29, 1.82) is 0 Å². The molecule has 1 unspecified atom stereocenters. The first-order chi connectivity index (χ1) is 13.6. The van der Waals surface area contributed by atoms with E-state index in [1.807, 2.05) is 60.0 Å². The standard InChI is InChI=1S/C21H20N2O4S/c1-27-18-10-6-5-9-16(18)17-13-28-21(22-17)23-20(26)15(12-19(24)25)11-14-7-3-2-4-8-14/h2-10,13,15H,11-12H2,1H3,(H,24,25)(H,22,23,26). The number of carbonyl (C=O) groups excluding carboxylic acids is 1. The zero-order chi connectivity index (χ0) is 19.9. The van der Waals surface area contributed by atoms with Crippen molar-refractivity contribution in [1.82, 2.24) is 4.98 Å². The molecule has 2 aromatic carbocycles. The monoisotopic (exact) mass is 396 g/mol. The first kappa shape index (κ1) is 19.6. The van der Waals surface area contributed by atoms with Crippen molar-refractivity contribution in [2.24, 2.45) is 5.92 Å². The average Bonchev–Trinajstić information content (AvgIpc) is 3.16. The highest BCUT2D eigenvalue weighted by Crippen LogP contribution is 2.32. The zero-order valence-electron chi connectivity index (χ0n) is 15.3. The molecule has 1 heterocycles. The van der Waals surface area contributed by atoms with Crippen LogP contribution in [0.15, 0.2) is 60.0 Å². The third-order valence-corrected chi connectivity index (χ3v) is 4.99. The lowest BCUT2D eigenvalue weighted by molar-refractivity contribution is -0.140. The Hall–Kier alpha value is -3.19. The summed E-state index contributed by atoms with van der Waals surface area (Å²) in [6.45, 7) is 0. The van der Waals surface area contributed by atoms with E-state index in [9.17, 15) is 14.7 Å². The van der Waals surface area contributed by atoms with Gasteiger partial charge in [-0.1, -0.05) is 42.5 Å². The van der Waals surface area contributed by atoms with Crippen LogP contribution in [0.5, 0.6) is 5.75 Å². The Morgan fingerprint density at radius 1 is 1.14 bits per heavy atom. The minimum absolute atomic E-state index is 0.245. The van der Waals surface area contributed by atoms with Gasteiger partial charge in [-0.3, -0.25) is 9.59 Å². The summed E-state index contributed by atoms with van der Waals surface area (Å²) in [6, 6.07) is 16.9. The average molecular weight is 396 g/mol.